The van der Waals surface area contributed by atoms with Gasteiger partial charge in [-0.3, -0.25) is 10.1 Å². The van der Waals surface area contributed by atoms with Gasteiger partial charge >= 0.3 is 5.97 Å². The van der Waals surface area contributed by atoms with Crippen LogP contribution in [0.5, 0.6) is 0 Å². The van der Waals surface area contributed by atoms with Crippen LogP contribution in [0.2, 0.25) is 0 Å². The van der Waals surface area contributed by atoms with Crippen LogP contribution >= 0.6 is 0 Å². The highest BCUT2D eigenvalue weighted by Gasteiger charge is 2.22. The van der Waals surface area contributed by atoms with E-state index in [1.807, 2.05) is 0 Å². The molecule has 2 aromatic rings. The maximum atomic E-state index is 12.4. The van der Waals surface area contributed by atoms with E-state index in [-0.39, 0.29) is 16.3 Å². The van der Waals surface area contributed by atoms with Gasteiger partial charge in [0.1, 0.15) is 0 Å². The first-order valence-corrected chi connectivity index (χ1v) is 9.72. The zero-order valence-corrected chi connectivity index (χ0v) is 16.1. The molecule has 0 fully saturated rings. The van der Waals surface area contributed by atoms with Crippen molar-refractivity contribution in [1.82, 2.24) is 9.46 Å². The molecule has 0 spiro atoms. The Labute approximate surface area is 157 Å². The third-order valence-electron chi connectivity index (χ3n) is 3.66. The number of anilines is 1. The lowest BCUT2D eigenvalue weighted by Crippen LogP contribution is -2.30. The number of nitrogens with zero attached hydrogens (tertiary/aromatic N) is 2. The van der Waals surface area contributed by atoms with E-state index in [1.165, 1.54) is 34.6 Å². The average molecular weight is 395 g/mol. The van der Waals surface area contributed by atoms with Crippen LogP contribution in [0.4, 0.5) is 5.88 Å². The molecular weight excluding hydrogens is 374 g/mol. The van der Waals surface area contributed by atoms with Crippen molar-refractivity contribution in [2.75, 3.05) is 25.0 Å². The number of hydrogen-bond donors (Lipinski definition) is 1. The van der Waals surface area contributed by atoms with Crippen LogP contribution in [-0.2, 0) is 19.6 Å². The average Bonchev–Trinajstić information content (AvgIpc) is 3.05. The van der Waals surface area contributed by atoms with Crippen LogP contribution < -0.4 is 5.32 Å². The van der Waals surface area contributed by atoms with Gasteiger partial charge in [0.15, 0.2) is 6.61 Å². The van der Waals surface area contributed by atoms with Gasteiger partial charge in [0.25, 0.3) is 5.91 Å². The van der Waals surface area contributed by atoms with Crippen LogP contribution in [0.3, 0.4) is 0 Å². The van der Waals surface area contributed by atoms with Crippen molar-refractivity contribution < 1.29 is 27.3 Å². The van der Waals surface area contributed by atoms with E-state index in [1.54, 1.807) is 20.8 Å². The second-order valence-corrected chi connectivity index (χ2v) is 7.51. The molecule has 1 aromatic heterocycles. The quantitative estimate of drug-likeness (QED) is 0.677. The number of aromatic nitrogens is 1. The zero-order valence-electron chi connectivity index (χ0n) is 15.3. The topological polar surface area (TPSA) is 119 Å². The number of amides is 1. The second kappa shape index (κ2) is 8.78. The minimum absolute atomic E-state index is 0.0844. The van der Waals surface area contributed by atoms with Crippen LogP contribution in [0, 0.1) is 6.92 Å². The smallest absolute Gasteiger partial charge is 0.338 e. The Morgan fingerprint density at radius 3 is 2.33 bits per heavy atom. The number of hydrogen-bond acceptors (Lipinski definition) is 7. The molecule has 10 heteroatoms. The predicted octanol–water partition coefficient (Wildman–Crippen LogP) is 1.81. The first-order valence-electron chi connectivity index (χ1n) is 8.28. The van der Waals surface area contributed by atoms with Crippen molar-refractivity contribution in [1.29, 1.82) is 0 Å². The molecule has 0 aliphatic carbocycles. The normalized spacial score (nSPS) is 11.4. The number of sulfonamides is 1. The van der Waals surface area contributed by atoms with Crippen LogP contribution in [0.25, 0.3) is 0 Å². The SMILES string of the molecule is CCN(CC)S(=O)(=O)c1ccc(C(=O)OCC(=O)Nc2cc(C)no2)cc1. The van der Waals surface area contributed by atoms with Gasteiger partial charge in [0.2, 0.25) is 15.9 Å². The van der Waals surface area contributed by atoms with Crippen molar-refractivity contribution in [2.24, 2.45) is 0 Å². The van der Waals surface area contributed by atoms with Crippen LogP contribution in [0.1, 0.15) is 29.9 Å². The summed E-state index contributed by atoms with van der Waals surface area (Å²) in [6.07, 6.45) is 0. The van der Waals surface area contributed by atoms with Gasteiger partial charge < -0.3 is 9.26 Å². The Kier molecular flexibility index (Phi) is 6.70. The zero-order chi connectivity index (χ0) is 20.0. The maximum Gasteiger partial charge on any atom is 0.338 e. The molecule has 2 rings (SSSR count). The van der Waals surface area contributed by atoms with E-state index in [2.05, 4.69) is 10.5 Å². The van der Waals surface area contributed by atoms with E-state index < -0.39 is 28.5 Å². The van der Waals surface area contributed by atoms with E-state index in [9.17, 15) is 18.0 Å². The molecule has 0 aliphatic heterocycles. The lowest BCUT2D eigenvalue weighted by atomic mass is 10.2. The summed E-state index contributed by atoms with van der Waals surface area (Å²) in [5.74, 6) is -1.18. The van der Waals surface area contributed by atoms with Gasteiger partial charge in [0.05, 0.1) is 16.2 Å². The van der Waals surface area contributed by atoms with Crippen molar-refractivity contribution >= 4 is 27.8 Å². The summed E-state index contributed by atoms with van der Waals surface area (Å²) in [5.41, 5.74) is 0.735. The third-order valence-corrected chi connectivity index (χ3v) is 5.72. The molecule has 0 radical (unpaired) electrons. The summed E-state index contributed by atoms with van der Waals surface area (Å²) < 4.78 is 35.9. The largest absolute Gasteiger partial charge is 0.452 e. The molecule has 146 valence electrons. The lowest BCUT2D eigenvalue weighted by molar-refractivity contribution is -0.119. The van der Waals surface area contributed by atoms with Gasteiger partial charge in [-0.15, -0.1) is 0 Å². The highest BCUT2D eigenvalue weighted by atomic mass is 32.2. The van der Waals surface area contributed by atoms with Crippen molar-refractivity contribution in [3.05, 3.63) is 41.6 Å². The number of ether oxygens (including phenoxy) is 1. The third kappa shape index (κ3) is 5.14. The maximum absolute atomic E-state index is 12.4. The Morgan fingerprint density at radius 1 is 1.19 bits per heavy atom. The molecule has 9 nitrogen and oxygen atoms in total. The highest BCUT2D eigenvalue weighted by Crippen LogP contribution is 2.16. The monoisotopic (exact) mass is 395 g/mol. The van der Waals surface area contributed by atoms with Gasteiger partial charge in [-0.05, 0) is 31.2 Å². The Bertz CT molecular complexity index is 901. The Morgan fingerprint density at radius 2 is 1.81 bits per heavy atom. The standard InChI is InChI=1S/C17H21N3O6S/c1-4-20(5-2)27(23,24)14-8-6-13(7-9-14)17(22)25-11-15(21)18-16-10-12(3)19-26-16/h6-10H,4-5,11H2,1-3H3,(H,18,21). The first kappa shape index (κ1) is 20.6. The van der Waals surface area contributed by atoms with E-state index in [0.29, 0.717) is 18.8 Å². The van der Waals surface area contributed by atoms with Crippen molar-refractivity contribution in [2.45, 2.75) is 25.7 Å². The van der Waals surface area contributed by atoms with Gasteiger partial charge in [0, 0.05) is 19.2 Å². The molecular formula is C17H21N3O6S. The highest BCUT2D eigenvalue weighted by molar-refractivity contribution is 7.89. The molecule has 1 N–H and O–H groups in total. The fraction of sp³-hybridized carbons (Fsp3) is 0.353. The molecule has 1 amide bonds. The summed E-state index contributed by atoms with van der Waals surface area (Å²) >= 11 is 0. The number of nitrogens with one attached hydrogen (secondary N) is 1. The Hall–Kier alpha value is -2.72. The van der Waals surface area contributed by atoms with E-state index in [4.69, 9.17) is 9.26 Å². The molecule has 0 atom stereocenters. The van der Waals surface area contributed by atoms with E-state index >= 15 is 0 Å². The summed E-state index contributed by atoms with van der Waals surface area (Å²) in [6.45, 7) is 5.38. The van der Waals surface area contributed by atoms with Crippen LogP contribution in [-0.4, -0.2) is 49.5 Å². The fourth-order valence-electron chi connectivity index (χ4n) is 2.29. The van der Waals surface area contributed by atoms with Gasteiger partial charge in [-0.1, -0.05) is 19.0 Å². The molecule has 0 aliphatic rings. The molecule has 0 bridgehead atoms. The summed E-state index contributed by atoms with van der Waals surface area (Å²) in [5, 5.41) is 6.01. The number of carbonyl (C=O) groups excluding carboxylic acids is 2. The minimum Gasteiger partial charge on any atom is -0.452 e. The molecule has 1 heterocycles. The number of aryl methyl sites for hydroxylation is 1. The second-order valence-electron chi connectivity index (χ2n) is 5.57. The van der Waals surface area contributed by atoms with Crippen molar-refractivity contribution in [3.8, 4) is 0 Å². The number of benzene rings is 1. The first-order chi connectivity index (χ1) is 12.8. The number of carbonyl (C=O) groups is 2. The number of rotatable bonds is 8. The molecule has 1 aromatic carbocycles. The lowest BCUT2D eigenvalue weighted by Gasteiger charge is -2.18. The minimum atomic E-state index is -3.60. The van der Waals surface area contributed by atoms with Crippen molar-refractivity contribution in [3.63, 3.8) is 0 Å². The van der Waals surface area contributed by atoms with Gasteiger partial charge in [-0.25, -0.2) is 13.2 Å². The molecule has 0 unspecified atom stereocenters. The Balaban J connectivity index is 1.96. The summed E-state index contributed by atoms with van der Waals surface area (Å²) in [6, 6.07) is 6.88. The van der Waals surface area contributed by atoms with Gasteiger partial charge in [-0.2, -0.15) is 4.31 Å². The van der Waals surface area contributed by atoms with E-state index in [0.717, 1.165) is 0 Å². The van der Waals surface area contributed by atoms with Crippen LogP contribution in [0.15, 0.2) is 39.8 Å². The molecule has 27 heavy (non-hydrogen) atoms. The summed E-state index contributed by atoms with van der Waals surface area (Å²) in [7, 11) is -3.60. The molecule has 0 saturated carbocycles. The predicted molar refractivity (Wildman–Crippen MR) is 96.7 cm³/mol. The number of esters is 1. The summed E-state index contributed by atoms with van der Waals surface area (Å²) in [4.78, 5) is 23.8. The molecule has 0 saturated heterocycles. The fourth-order valence-corrected chi connectivity index (χ4v) is 3.74.